The third-order valence-corrected chi connectivity index (χ3v) is 7.80. The van der Waals surface area contributed by atoms with Crippen LogP contribution in [0.15, 0.2) is 94.9 Å². The number of nitrogens with two attached hydrogens (primary N) is 1. The first-order valence-corrected chi connectivity index (χ1v) is 13.1. The third kappa shape index (κ3) is 4.50. The number of rotatable bonds is 8. The number of ether oxygens (including phenoxy) is 1. The van der Waals surface area contributed by atoms with E-state index in [-0.39, 0.29) is 9.92 Å². The van der Waals surface area contributed by atoms with Gasteiger partial charge in [-0.3, -0.25) is 4.68 Å². The van der Waals surface area contributed by atoms with E-state index >= 15 is 0 Å². The minimum absolute atomic E-state index is 0.00449. The van der Waals surface area contributed by atoms with Gasteiger partial charge in [0.1, 0.15) is 11.3 Å². The summed E-state index contributed by atoms with van der Waals surface area (Å²) in [4.78, 5) is 0.222. The van der Waals surface area contributed by atoms with Crippen molar-refractivity contribution in [2.24, 2.45) is 5.73 Å². The molecule has 2 N–H and O–H groups in total. The Hall–Kier alpha value is -3.39. The fourth-order valence-electron chi connectivity index (χ4n) is 4.21. The number of halogens is 1. The predicted molar refractivity (Wildman–Crippen MR) is 139 cm³/mol. The highest BCUT2D eigenvalue weighted by Crippen LogP contribution is 2.35. The lowest BCUT2D eigenvalue weighted by Crippen LogP contribution is -2.08. The van der Waals surface area contributed by atoms with E-state index in [1.807, 2.05) is 54.6 Å². The maximum Gasteiger partial charge on any atom is 0.226 e. The highest BCUT2D eigenvalue weighted by atomic mass is 35.5. The van der Waals surface area contributed by atoms with Gasteiger partial charge in [-0.2, -0.15) is 5.10 Å². The molecule has 0 bridgehead atoms. The molecule has 1 heterocycles. The van der Waals surface area contributed by atoms with Crippen LogP contribution >= 0.6 is 11.6 Å². The fourth-order valence-corrected chi connectivity index (χ4v) is 6.03. The van der Waals surface area contributed by atoms with Gasteiger partial charge in [0.2, 0.25) is 9.84 Å². The average Bonchev–Trinajstić information content (AvgIpc) is 3.24. The zero-order chi connectivity index (χ0) is 24.4. The molecule has 0 aliphatic carbocycles. The second kappa shape index (κ2) is 9.70. The predicted octanol–water partition coefficient (Wildman–Crippen LogP) is 5.45. The second-order valence-electron chi connectivity index (χ2n) is 8.22. The zero-order valence-corrected chi connectivity index (χ0v) is 20.5. The zero-order valence-electron chi connectivity index (χ0n) is 18.9. The average molecular weight is 506 g/mol. The molecule has 0 saturated carbocycles. The minimum Gasteiger partial charge on any atom is -0.491 e. The first-order chi connectivity index (χ1) is 17.0. The number of hydrogen-bond donors (Lipinski definition) is 1. The first-order valence-electron chi connectivity index (χ1n) is 11.3. The normalized spacial score (nSPS) is 11.8. The molecule has 0 aliphatic heterocycles. The van der Waals surface area contributed by atoms with Crippen molar-refractivity contribution in [2.45, 2.75) is 22.9 Å². The molecule has 4 aromatic carbocycles. The Balaban J connectivity index is 1.71. The van der Waals surface area contributed by atoms with Crippen LogP contribution in [0, 0.1) is 0 Å². The number of nitrogens with zero attached hydrogens (tertiary/aromatic N) is 2. The van der Waals surface area contributed by atoms with Crippen LogP contribution in [0.5, 0.6) is 5.75 Å². The summed E-state index contributed by atoms with van der Waals surface area (Å²) in [7, 11) is -3.95. The minimum atomic E-state index is -3.95. The van der Waals surface area contributed by atoms with Crippen molar-refractivity contribution in [3.63, 3.8) is 0 Å². The molecule has 0 saturated heterocycles. The van der Waals surface area contributed by atoms with E-state index in [4.69, 9.17) is 22.1 Å². The van der Waals surface area contributed by atoms with E-state index in [0.717, 1.165) is 10.9 Å². The fraction of sp³-hybridized carbons (Fsp3) is 0.148. The largest absolute Gasteiger partial charge is 0.491 e. The molecule has 5 rings (SSSR count). The summed E-state index contributed by atoms with van der Waals surface area (Å²) in [6.45, 7) is 1.25. The molecule has 0 unspecified atom stereocenters. The van der Waals surface area contributed by atoms with Crippen molar-refractivity contribution >= 4 is 43.1 Å². The van der Waals surface area contributed by atoms with Crippen molar-refractivity contribution in [2.75, 3.05) is 13.2 Å². The molecule has 5 aromatic rings. The summed E-state index contributed by atoms with van der Waals surface area (Å²) < 4.78 is 35.7. The van der Waals surface area contributed by atoms with Crippen LogP contribution < -0.4 is 10.5 Å². The van der Waals surface area contributed by atoms with Gasteiger partial charge in [0.05, 0.1) is 18.0 Å². The van der Waals surface area contributed by atoms with Crippen LogP contribution in [-0.4, -0.2) is 31.3 Å². The smallest absolute Gasteiger partial charge is 0.226 e. The van der Waals surface area contributed by atoms with Gasteiger partial charge in [0.15, 0.2) is 5.03 Å². The molecule has 0 aliphatic rings. The van der Waals surface area contributed by atoms with Crippen molar-refractivity contribution in [3.05, 3.63) is 95.5 Å². The highest BCUT2D eigenvalue weighted by Gasteiger charge is 2.28. The maximum absolute atomic E-state index is 14.0. The van der Waals surface area contributed by atoms with Gasteiger partial charge in [-0.15, -0.1) is 0 Å². The number of sulfone groups is 1. The Morgan fingerprint density at radius 1 is 0.914 bits per heavy atom. The molecule has 0 atom stereocenters. The quantitative estimate of drug-likeness (QED) is 0.283. The van der Waals surface area contributed by atoms with Crippen LogP contribution in [0.1, 0.15) is 12.0 Å². The van der Waals surface area contributed by atoms with Crippen molar-refractivity contribution in [1.29, 1.82) is 0 Å². The highest BCUT2D eigenvalue weighted by molar-refractivity contribution is 7.91. The van der Waals surface area contributed by atoms with Crippen molar-refractivity contribution < 1.29 is 13.2 Å². The third-order valence-electron chi connectivity index (χ3n) is 5.82. The van der Waals surface area contributed by atoms with Crippen LogP contribution in [0.3, 0.4) is 0 Å². The van der Waals surface area contributed by atoms with E-state index in [1.165, 1.54) is 0 Å². The van der Waals surface area contributed by atoms with Gasteiger partial charge in [0, 0.05) is 15.8 Å². The number of fused-ring (bicyclic) bond motifs is 2. The van der Waals surface area contributed by atoms with E-state index < -0.39 is 9.84 Å². The maximum atomic E-state index is 14.0. The Kier molecular flexibility index (Phi) is 6.47. The lowest BCUT2D eigenvalue weighted by molar-refractivity contribution is 0.315. The summed E-state index contributed by atoms with van der Waals surface area (Å²) in [5.41, 5.74) is 7.14. The van der Waals surface area contributed by atoms with E-state index in [2.05, 4.69) is 5.10 Å². The van der Waals surface area contributed by atoms with Crippen LogP contribution in [0.4, 0.5) is 0 Å². The SMILES string of the molecule is NCCCOc1cccc2c(S(=O)(=O)c3cccc4ccccc34)nn(Cc3cccc(Cl)c3)c12. The topological polar surface area (TPSA) is 87.2 Å². The molecule has 35 heavy (non-hydrogen) atoms. The molecule has 178 valence electrons. The standard InChI is InChI=1S/C27H24ClN3O3S/c28-21-10-3-7-19(17-21)18-31-26-23(12-5-13-24(26)34-16-6-15-29)27(30-31)35(32,33)25-14-4-9-20-8-1-2-11-22(20)25/h1-5,7-14,17H,6,15-16,18,29H2. The van der Waals surface area contributed by atoms with Gasteiger partial charge in [0.25, 0.3) is 0 Å². The summed E-state index contributed by atoms with van der Waals surface area (Å²) in [6.07, 6.45) is 0.681. The van der Waals surface area contributed by atoms with Crippen LogP contribution in [0.25, 0.3) is 21.7 Å². The number of hydrogen-bond acceptors (Lipinski definition) is 5. The number of benzene rings is 4. The Morgan fingerprint density at radius 2 is 1.66 bits per heavy atom. The molecular weight excluding hydrogens is 482 g/mol. The Morgan fingerprint density at radius 3 is 2.49 bits per heavy atom. The summed E-state index contributed by atoms with van der Waals surface area (Å²) in [5.74, 6) is 0.560. The second-order valence-corrected chi connectivity index (χ2v) is 10.5. The number of aromatic nitrogens is 2. The van der Waals surface area contributed by atoms with Gasteiger partial charge in [-0.1, -0.05) is 66.2 Å². The van der Waals surface area contributed by atoms with Crippen LogP contribution in [0.2, 0.25) is 5.02 Å². The molecule has 0 fully saturated rings. The van der Waals surface area contributed by atoms with Gasteiger partial charge in [-0.25, -0.2) is 8.42 Å². The number of para-hydroxylation sites is 1. The molecule has 0 radical (unpaired) electrons. The lowest BCUT2D eigenvalue weighted by atomic mass is 10.1. The molecule has 8 heteroatoms. The molecule has 1 aromatic heterocycles. The van der Waals surface area contributed by atoms with Crippen molar-refractivity contribution in [1.82, 2.24) is 9.78 Å². The van der Waals surface area contributed by atoms with Gasteiger partial charge in [-0.05, 0) is 54.2 Å². The molecular formula is C27H24ClN3O3S. The van der Waals surface area contributed by atoms with E-state index in [1.54, 1.807) is 35.0 Å². The summed E-state index contributed by atoms with van der Waals surface area (Å²) >= 11 is 6.20. The summed E-state index contributed by atoms with van der Waals surface area (Å²) in [5, 5.41) is 7.24. The molecule has 0 spiro atoms. The first kappa shape index (κ1) is 23.4. The van der Waals surface area contributed by atoms with E-state index in [0.29, 0.717) is 53.2 Å². The van der Waals surface area contributed by atoms with E-state index in [9.17, 15) is 8.42 Å². The Bertz CT molecular complexity index is 1620. The van der Waals surface area contributed by atoms with Crippen LogP contribution in [-0.2, 0) is 16.4 Å². The summed E-state index contributed by atoms with van der Waals surface area (Å²) in [6, 6.07) is 25.5. The van der Waals surface area contributed by atoms with Crippen molar-refractivity contribution in [3.8, 4) is 5.75 Å². The molecule has 0 amide bonds. The monoisotopic (exact) mass is 505 g/mol. The van der Waals surface area contributed by atoms with Gasteiger partial charge < -0.3 is 10.5 Å². The molecule has 6 nitrogen and oxygen atoms in total. The lowest BCUT2D eigenvalue weighted by Gasteiger charge is -2.10. The Labute approximate surface area is 208 Å². The van der Waals surface area contributed by atoms with Gasteiger partial charge >= 0.3 is 0 Å².